The fraction of sp³-hybridized carbons (Fsp3) is 0.211. The molecule has 1 unspecified atom stereocenters. The van der Waals surface area contributed by atoms with Crippen LogP contribution in [-0.2, 0) is 16.0 Å². The lowest BCUT2D eigenvalue weighted by molar-refractivity contribution is -0.121. The zero-order chi connectivity index (χ0) is 18.1. The van der Waals surface area contributed by atoms with Crippen LogP contribution < -0.4 is 16.3 Å². The number of H-pyrrole nitrogens is 2. The second kappa shape index (κ2) is 6.51. The van der Waals surface area contributed by atoms with E-state index in [0.29, 0.717) is 29.6 Å². The Bertz CT molecular complexity index is 1050. The van der Waals surface area contributed by atoms with Gasteiger partial charge in [0.25, 0.3) is 0 Å². The zero-order valence-corrected chi connectivity index (χ0v) is 14.0. The van der Waals surface area contributed by atoms with Crippen LogP contribution in [0.15, 0.2) is 47.3 Å². The Morgan fingerprint density at radius 1 is 1.08 bits per heavy atom. The first-order chi connectivity index (χ1) is 12.6. The van der Waals surface area contributed by atoms with Crippen molar-refractivity contribution in [3.8, 4) is 0 Å². The molecule has 0 aliphatic carbocycles. The van der Waals surface area contributed by atoms with Gasteiger partial charge >= 0.3 is 5.69 Å². The summed E-state index contributed by atoms with van der Waals surface area (Å²) in [7, 11) is 0. The lowest BCUT2D eigenvalue weighted by atomic mass is 9.89. The average Bonchev–Trinajstić information content (AvgIpc) is 2.99. The quantitative estimate of drug-likeness (QED) is 0.580. The number of imidazole rings is 1. The normalized spacial score (nSPS) is 16.2. The molecule has 4 N–H and O–H groups in total. The second-order valence-corrected chi connectivity index (χ2v) is 6.47. The van der Waals surface area contributed by atoms with Crippen molar-refractivity contribution in [1.82, 2.24) is 9.97 Å². The summed E-state index contributed by atoms with van der Waals surface area (Å²) >= 11 is 0. The minimum atomic E-state index is -0.285. The van der Waals surface area contributed by atoms with Crippen LogP contribution in [0.3, 0.4) is 0 Å². The molecule has 132 valence electrons. The van der Waals surface area contributed by atoms with Crippen molar-refractivity contribution in [2.24, 2.45) is 5.92 Å². The number of amides is 2. The molecule has 1 aliphatic rings. The molecule has 2 aromatic carbocycles. The third-order valence-corrected chi connectivity index (χ3v) is 4.63. The highest BCUT2D eigenvalue weighted by Gasteiger charge is 2.26. The van der Waals surface area contributed by atoms with Crippen LogP contribution in [0.2, 0.25) is 0 Å². The minimum absolute atomic E-state index is 0.0391. The van der Waals surface area contributed by atoms with Crippen LogP contribution in [0.25, 0.3) is 11.0 Å². The SMILES string of the molecule is O=C(CCC1Cc2ccccc2NC1=O)Nc1ccc2[nH]c(=O)[nH]c2c1. The summed E-state index contributed by atoms with van der Waals surface area (Å²) in [4.78, 5) is 41.0. The molecule has 7 heteroatoms. The van der Waals surface area contributed by atoms with Gasteiger partial charge in [0.15, 0.2) is 0 Å². The van der Waals surface area contributed by atoms with Crippen molar-refractivity contribution in [3.63, 3.8) is 0 Å². The molecule has 26 heavy (non-hydrogen) atoms. The Balaban J connectivity index is 1.37. The number of rotatable bonds is 4. The molecule has 0 bridgehead atoms. The lowest BCUT2D eigenvalue weighted by Gasteiger charge is -2.24. The van der Waals surface area contributed by atoms with Gasteiger partial charge in [-0.25, -0.2) is 4.79 Å². The van der Waals surface area contributed by atoms with Gasteiger partial charge in [-0.05, 0) is 42.7 Å². The van der Waals surface area contributed by atoms with Crippen LogP contribution in [0.1, 0.15) is 18.4 Å². The predicted octanol–water partition coefficient (Wildman–Crippen LogP) is 2.39. The van der Waals surface area contributed by atoms with Gasteiger partial charge in [0.2, 0.25) is 11.8 Å². The summed E-state index contributed by atoms with van der Waals surface area (Å²) in [6.45, 7) is 0. The van der Waals surface area contributed by atoms with Gasteiger partial charge in [-0.3, -0.25) is 9.59 Å². The zero-order valence-electron chi connectivity index (χ0n) is 14.0. The number of carbonyl (C=O) groups is 2. The minimum Gasteiger partial charge on any atom is -0.326 e. The highest BCUT2D eigenvalue weighted by Crippen LogP contribution is 2.27. The molecular weight excluding hydrogens is 332 g/mol. The Hall–Kier alpha value is -3.35. The number of carbonyl (C=O) groups excluding carboxylic acids is 2. The summed E-state index contributed by atoms with van der Waals surface area (Å²) < 4.78 is 0. The van der Waals surface area contributed by atoms with Crippen LogP contribution in [0.4, 0.5) is 11.4 Å². The van der Waals surface area contributed by atoms with Gasteiger partial charge in [-0.1, -0.05) is 18.2 Å². The van der Waals surface area contributed by atoms with E-state index >= 15 is 0 Å². The van der Waals surface area contributed by atoms with E-state index in [1.165, 1.54) is 0 Å². The van der Waals surface area contributed by atoms with E-state index in [4.69, 9.17) is 0 Å². The van der Waals surface area contributed by atoms with E-state index < -0.39 is 0 Å². The smallest absolute Gasteiger partial charge is 0.323 e. The number of anilines is 2. The van der Waals surface area contributed by atoms with Crippen molar-refractivity contribution in [2.75, 3.05) is 10.6 Å². The lowest BCUT2D eigenvalue weighted by Crippen LogP contribution is -2.30. The predicted molar refractivity (Wildman–Crippen MR) is 99.0 cm³/mol. The van der Waals surface area contributed by atoms with Gasteiger partial charge in [0, 0.05) is 23.7 Å². The van der Waals surface area contributed by atoms with Gasteiger partial charge in [-0.2, -0.15) is 0 Å². The molecule has 1 aliphatic heterocycles. The molecule has 0 saturated carbocycles. The van der Waals surface area contributed by atoms with E-state index in [0.717, 1.165) is 11.3 Å². The monoisotopic (exact) mass is 350 g/mol. The molecular formula is C19H18N4O3. The molecule has 1 atom stereocenters. The summed E-state index contributed by atoms with van der Waals surface area (Å²) in [6, 6.07) is 12.9. The molecule has 0 spiro atoms. The van der Waals surface area contributed by atoms with Gasteiger partial charge in [0.1, 0.15) is 0 Å². The van der Waals surface area contributed by atoms with Crippen LogP contribution in [0, 0.1) is 5.92 Å². The number of nitrogens with one attached hydrogen (secondary N) is 4. The van der Waals surface area contributed by atoms with E-state index in [-0.39, 0.29) is 29.8 Å². The highest BCUT2D eigenvalue weighted by molar-refractivity contribution is 5.97. The molecule has 3 aromatic rings. The molecule has 0 fully saturated rings. The number of para-hydroxylation sites is 1. The maximum absolute atomic E-state index is 12.2. The summed E-state index contributed by atoms with van der Waals surface area (Å²) in [5.41, 5.74) is 3.59. The Morgan fingerprint density at radius 3 is 2.77 bits per heavy atom. The number of aromatic amines is 2. The highest BCUT2D eigenvalue weighted by atomic mass is 16.2. The number of hydrogen-bond donors (Lipinski definition) is 4. The van der Waals surface area contributed by atoms with E-state index in [1.807, 2.05) is 24.3 Å². The topological polar surface area (TPSA) is 107 Å². The Morgan fingerprint density at radius 2 is 1.88 bits per heavy atom. The molecule has 0 saturated heterocycles. The fourth-order valence-corrected chi connectivity index (χ4v) is 3.29. The second-order valence-electron chi connectivity index (χ2n) is 6.47. The van der Waals surface area contributed by atoms with Crippen molar-refractivity contribution in [2.45, 2.75) is 19.3 Å². The van der Waals surface area contributed by atoms with Gasteiger partial charge in [0.05, 0.1) is 11.0 Å². The number of fused-ring (bicyclic) bond motifs is 2. The van der Waals surface area contributed by atoms with E-state index in [1.54, 1.807) is 18.2 Å². The first kappa shape index (κ1) is 16.1. The van der Waals surface area contributed by atoms with E-state index in [9.17, 15) is 14.4 Å². The number of aromatic nitrogens is 2. The molecule has 2 heterocycles. The summed E-state index contributed by atoms with van der Waals surface area (Å²) in [5.74, 6) is -0.407. The third kappa shape index (κ3) is 3.23. The average molecular weight is 350 g/mol. The Kier molecular flexibility index (Phi) is 4.04. The van der Waals surface area contributed by atoms with Gasteiger partial charge in [-0.15, -0.1) is 0 Å². The molecule has 0 radical (unpaired) electrons. The largest absolute Gasteiger partial charge is 0.326 e. The third-order valence-electron chi connectivity index (χ3n) is 4.63. The molecule has 7 nitrogen and oxygen atoms in total. The molecule has 1 aromatic heterocycles. The number of benzene rings is 2. The van der Waals surface area contributed by atoms with Crippen molar-refractivity contribution >= 4 is 34.2 Å². The van der Waals surface area contributed by atoms with E-state index in [2.05, 4.69) is 20.6 Å². The fourth-order valence-electron chi connectivity index (χ4n) is 3.29. The maximum atomic E-state index is 12.2. The Labute approximate surface area is 148 Å². The summed E-state index contributed by atoms with van der Waals surface area (Å²) in [6.07, 6.45) is 1.38. The van der Waals surface area contributed by atoms with Crippen LogP contribution >= 0.6 is 0 Å². The standard InChI is InChI=1S/C19H18N4O3/c24-17(20-13-6-7-15-16(10-13)23-19(26)22-15)8-5-12-9-11-3-1-2-4-14(11)21-18(12)25/h1-4,6-7,10,12H,5,8-9H2,(H,20,24)(H,21,25)(H2,22,23,26). The van der Waals surface area contributed by atoms with Crippen molar-refractivity contribution in [1.29, 1.82) is 0 Å². The van der Waals surface area contributed by atoms with Crippen molar-refractivity contribution < 1.29 is 9.59 Å². The molecule has 2 amide bonds. The summed E-state index contributed by atoms with van der Waals surface area (Å²) in [5, 5.41) is 5.71. The van der Waals surface area contributed by atoms with Gasteiger partial charge < -0.3 is 20.6 Å². The maximum Gasteiger partial charge on any atom is 0.323 e. The first-order valence-corrected chi connectivity index (χ1v) is 8.49. The van der Waals surface area contributed by atoms with Crippen LogP contribution in [-0.4, -0.2) is 21.8 Å². The number of hydrogen-bond acceptors (Lipinski definition) is 3. The van der Waals surface area contributed by atoms with Crippen LogP contribution in [0.5, 0.6) is 0 Å². The van der Waals surface area contributed by atoms with Crippen molar-refractivity contribution in [3.05, 3.63) is 58.5 Å². The molecule has 4 rings (SSSR count). The first-order valence-electron chi connectivity index (χ1n) is 8.49.